The number of amides is 3. The fourth-order valence-corrected chi connectivity index (χ4v) is 3.79. The van der Waals surface area contributed by atoms with Gasteiger partial charge < -0.3 is 5.32 Å². The highest BCUT2D eigenvalue weighted by atomic mass is 35.5. The molecule has 6 heteroatoms. The van der Waals surface area contributed by atoms with E-state index in [1.165, 1.54) is 4.90 Å². The molecule has 0 fully saturated rings. The van der Waals surface area contributed by atoms with Crippen molar-refractivity contribution in [1.82, 2.24) is 4.90 Å². The van der Waals surface area contributed by atoms with E-state index in [9.17, 15) is 14.4 Å². The summed E-state index contributed by atoms with van der Waals surface area (Å²) >= 11 is 5.98. The monoisotopic (exact) mass is 406 g/mol. The third-order valence-corrected chi connectivity index (χ3v) is 5.35. The van der Waals surface area contributed by atoms with Gasteiger partial charge in [0.05, 0.1) is 0 Å². The van der Waals surface area contributed by atoms with Crippen molar-refractivity contribution < 1.29 is 14.4 Å². The van der Waals surface area contributed by atoms with Gasteiger partial charge in [0.1, 0.15) is 0 Å². The Morgan fingerprint density at radius 2 is 1.66 bits per heavy atom. The molecule has 0 saturated carbocycles. The van der Waals surface area contributed by atoms with Gasteiger partial charge in [-0.05, 0) is 48.6 Å². The van der Waals surface area contributed by atoms with Crippen LogP contribution in [0.5, 0.6) is 0 Å². The van der Waals surface area contributed by atoms with Crippen LogP contribution in [0.1, 0.15) is 39.1 Å². The number of anilines is 1. The Labute approximate surface area is 173 Å². The smallest absolute Gasteiger partial charge is 0.261 e. The van der Waals surface area contributed by atoms with E-state index in [2.05, 4.69) is 5.32 Å². The predicted octanol–water partition coefficient (Wildman–Crippen LogP) is 4.82. The standard InChI is InChI=1S/C23H19ClN2O3/c1-14-10-11-16(24)13-19(14)25-20(27)9-4-12-26-22(28)17-7-2-5-15-6-3-8-18(21(15)17)23(26)29/h2-3,5-8,10-11,13H,4,9,12H2,1H3,(H,25,27). The molecule has 3 aromatic carbocycles. The number of carbonyl (C=O) groups excluding carboxylic acids is 3. The Kier molecular flexibility index (Phi) is 5.07. The number of aryl methyl sites for hydroxylation is 1. The van der Waals surface area contributed by atoms with E-state index in [0.29, 0.717) is 33.6 Å². The minimum Gasteiger partial charge on any atom is -0.326 e. The number of hydrogen-bond donors (Lipinski definition) is 1. The third kappa shape index (κ3) is 3.61. The van der Waals surface area contributed by atoms with Crippen molar-refractivity contribution in [1.29, 1.82) is 0 Å². The van der Waals surface area contributed by atoms with Gasteiger partial charge in [-0.2, -0.15) is 0 Å². The second-order valence-electron chi connectivity index (χ2n) is 7.08. The molecule has 4 rings (SSSR count). The van der Waals surface area contributed by atoms with Gasteiger partial charge in [-0.3, -0.25) is 19.3 Å². The SMILES string of the molecule is Cc1ccc(Cl)cc1NC(=O)CCCN1C(=O)c2cccc3cccc(c23)C1=O. The Morgan fingerprint density at radius 1 is 1.00 bits per heavy atom. The highest BCUT2D eigenvalue weighted by Crippen LogP contribution is 2.30. The summed E-state index contributed by atoms with van der Waals surface area (Å²) in [6.07, 6.45) is 0.565. The van der Waals surface area contributed by atoms with Crippen molar-refractivity contribution in [3.63, 3.8) is 0 Å². The Hall–Kier alpha value is -3.18. The van der Waals surface area contributed by atoms with Gasteiger partial charge in [0.15, 0.2) is 0 Å². The second kappa shape index (κ2) is 7.68. The maximum Gasteiger partial charge on any atom is 0.261 e. The van der Waals surface area contributed by atoms with Crippen molar-refractivity contribution in [3.05, 3.63) is 76.3 Å². The molecular formula is C23H19ClN2O3. The summed E-state index contributed by atoms with van der Waals surface area (Å²) in [5.41, 5.74) is 2.62. The van der Waals surface area contributed by atoms with E-state index in [-0.39, 0.29) is 30.7 Å². The predicted molar refractivity (Wildman–Crippen MR) is 113 cm³/mol. The van der Waals surface area contributed by atoms with Gasteiger partial charge in [0, 0.05) is 40.2 Å². The topological polar surface area (TPSA) is 66.5 Å². The molecule has 0 spiro atoms. The average Bonchev–Trinajstić information content (AvgIpc) is 2.71. The summed E-state index contributed by atoms with van der Waals surface area (Å²) in [7, 11) is 0. The number of nitrogens with one attached hydrogen (secondary N) is 1. The minimum atomic E-state index is -0.314. The van der Waals surface area contributed by atoms with Crippen LogP contribution in [0.25, 0.3) is 10.8 Å². The lowest BCUT2D eigenvalue weighted by Crippen LogP contribution is -2.41. The van der Waals surface area contributed by atoms with Gasteiger partial charge in [-0.15, -0.1) is 0 Å². The molecule has 5 nitrogen and oxygen atoms in total. The van der Waals surface area contributed by atoms with Crippen molar-refractivity contribution in [2.45, 2.75) is 19.8 Å². The van der Waals surface area contributed by atoms with E-state index in [4.69, 9.17) is 11.6 Å². The highest BCUT2D eigenvalue weighted by molar-refractivity contribution is 6.31. The van der Waals surface area contributed by atoms with Crippen LogP contribution in [0.3, 0.4) is 0 Å². The van der Waals surface area contributed by atoms with Crippen LogP contribution in [-0.2, 0) is 4.79 Å². The Bertz CT molecular complexity index is 1110. The van der Waals surface area contributed by atoms with Crippen LogP contribution >= 0.6 is 11.6 Å². The number of benzene rings is 3. The van der Waals surface area contributed by atoms with Crippen LogP contribution in [-0.4, -0.2) is 29.2 Å². The summed E-state index contributed by atoms with van der Waals surface area (Å²) in [5, 5.41) is 4.95. The number of imide groups is 1. The van der Waals surface area contributed by atoms with Crippen LogP contribution in [0.4, 0.5) is 5.69 Å². The van der Waals surface area contributed by atoms with Gasteiger partial charge in [0.2, 0.25) is 5.91 Å². The first kappa shape index (κ1) is 19.2. The zero-order valence-corrected chi connectivity index (χ0v) is 16.6. The molecule has 0 saturated heterocycles. The molecule has 0 unspecified atom stereocenters. The summed E-state index contributed by atoms with van der Waals surface area (Å²) < 4.78 is 0. The maximum absolute atomic E-state index is 12.9. The van der Waals surface area contributed by atoms with Gasteiger partial charge in [-0.25, -0.2) is 0 Å². The lowest BCUT2D eigenvalue weighted by atomic mass is 9.94. The molecule has 1 N–H and O–H groups in total. The van der Waals surface area contributed by atoms with Crippen LogP contribution in [0.2, 0.25) is 5.02 Å². The molecule has 0 radical (unpaired) electrons. The number of carbonyl (C=O) groups is 3. The number of rotatable bonds is 5. The zero-order chi connectivity index (χ0) is 20.5. The minimum absolute atomic E-state index is 0.185. The highest BCUT2D eigenvalue weighted by Gasteiger charge is 2.32. The summed E-state index contributed by atoms with van der Waals surface area (Å²) in [6, 6.07) is 16.2. The third-order valence-electron chi connectivity index (χ3n) is 5.12. The lowest BCUT2D eigenvalue weighted by molar-refractivity contribution is -0.116. The van der Waals surface area contributed by atoms with Gasteiger partial charge >= 0.3 is 0 Å². The van der Waals surface area contributed by atoms with Gasteiger partial charge in [-0.1, -0.05) is 41.9 Å². The Balaban J connectivity index is 1.44. The Morgan fingerprint density at radius 3 is 2.31 bits per heavy atom. The van der Waals surface area contributed by atoms with E-state index in [1.807, 2.05) is 37.3 Å². The summed E-state index contributed by atoms with van der Waals surface area (Å²) in [4.78, 5) is 39.2. The molecule has 29 heavy (non-hydrogen) atoms. The second-order valence-corrected chi connectivity index (χ2v) is 7.52. The molecule has 0 atom stereocenters. The summed E-state index contributed by atoms with van der Waals surface area (Å²) in [6.45, 7) is 2.07. The van der Waals surface area contributed by atoms with Crippen molar-refractivity contribution in [2.75, 3.05) is 11.9 Å². The van der Waals surface area contributed by atoms with E-state index in [1.54, 1.807) is 24.3 Å². The first-order chi connectivity index (χ1) is 14.0. The molecule has 1 aliphatic rings. The quantitative estimate of drug-likeness (QED) is 0.618. The zero-order valence-electron chi connectivity index (χ0n) is 15.9. The molecule has 1 heterocycles. The van der Waals surface area contributed by atoms with E-state index in [0.717, 1.165) is 10.9 Å². The molecule has 146 valence electrons. The number of halogens is 1. The largest absolute Gasteiger partial charge is 0.326 e. The number of hydrogen-bond acceptors (Lipinski definition) is 3. The molecular weight excluding hydrogens is 388 g/mol. The first-order valence-electron chi connectivity index (χ1n) is 9.39. The van der Waals surface area contributed by atoms with Crippen molar-refractivity contribution in [3.8, 4) is 0 Å². The molecule has 1 aliphatic heterocycles. The molecule has 3 amide bonds. The molecule has 0 aliphatic carbocycles. The summed E-state index contributed by atoms with van der Waals surface area (Å²) in [5.74, 6) is -0.814. The molecule has 3 aromatic rings. The fraction of sp³-hybridized carbons (Fsp3) is 0.174. The van der Waals surface area contributed by atoms with Crippen LogP contribution in [0.15, 0.2) is 54.6 Å². The van der Waals surface area contributed by atoms with Gasteiger partial charge in [0.25, 0.3) is 11.8 Å². The fourth-order valence-electron chi connectivity index (χ4n) is 3.62. The first-order valence-corrected chi connectivity index (χ1v) is 9.77. The van der Waals surface area contributed by atoms with E-state index >= 15 is 0 Å². The molecule has 0 aromatic heterocycles. The molecule has 0 bridgehead atoms. The van der Waals surface area contributed by atoms with Crippen LogP contribution in [0, 0.1) is 6.92 Å². The van der Waals surface area contributed by atoms with Crippen molar-refractivity contribution >= 4 is 45.8 Å². The lowest BCUT2D eigenvalue weighted by Gasteiger charge is -2.27. The van der Waals surface area contributed by atoms with Crippen LogP contribution < -0.4 is 5.32 Å². The maximum atomic E-state index is 12.9. The van der Waals surface area contributed by atoms with E-state index < -0.39 is 0 Å². The number of nitrogens with zero attached hydrogens (tertiary/aromatic N) is 1. The average molecular weight is 407 g/mol. The van der Waals surface area contributed by atoms with Crippen molar-refractivity contribution in [2.24, 2.45) is 0 Å². The normalized spacial score (nSPS) is 13.1.